The molecule has 0 saturated carbocycles. The minimum atomic E-state index is 0.342. The van der Waals surface area contributed by atoms with Crippen LogP contribution in [0.4, 0.5) is 0 Å². The molecular weight excluding hydrogens is 172 g/mol. The maximum atomic E-state index is 9.14. The summed E-state index contributed by atoms with van der Waals surface area (Å²) in [5, 5.41) is 9.14. The molecule has 1 aromatic rings. The number of aromatic hydroxyl groups is 1. The Morgan fingerprint density at radius 2 is 1.93 bits per heavy atom. The van der Waals surface area contributed by atoms with E-state index in [4.69, 9.17) is 5.11 Å². The van der Waals surface area contributed by atoms with Gasteiger partial charge in [-0.3, -0.25) is 0 Å². The predicted molar refractivity (Wildman–Crippen MR) is 60.6 cm³/mol. The fourth-order valence-electron chi connectivity index (χ4n) is 1.48. The second kappa shape index (κ2) is 5.48. The molecule has 1 rings (SSSR count). The van der Waals surface area contributed by atoms with Crippen LogP contribution in [-0.4, -0.2) is 5.11 Å². The van der Waals surface area contributed by atoms with Gasteiger partial charge in [0.2, 0.25) is 0 Å². The quantitative estimate of drug-likeness (QED) is 0.715. The second-order valence-electron chi connectivity index (χ2n) is 3.64. The van der Waals surface area contributed by atoms with Crippen molar-refractivity contribution in [3.8, 4) is 5.75 Å². The molecule has 0 aliphatic heterocycles. The van der Waals surface area contributed by atoms with Gasteiger partial charge in [-0.2, -0.15) is 0 Å². The normalized spacial score (nSPS) is 13.3. The Bertz CT molecular complexity index is 285. The highest BCUT2D eigenvalue weighted by Crippen LogP contribution is 2.22. The molecule has 0 aliphatic carbocycles. The van der Waals surface area contributed by atoms with Gasteiger partial charge in [-0.05, 0) is 43.4 Å². The highest BCUT2D eigenvalue weighted by atomic mass is 16.3. The van der Waals surface area contributed by atoms with Gasteiger partial charge in [-0.25, -0.2) is 0 Å². The molecule has 1 N–H and O–H groups in total. The summed E-state index contributed by atoms with van der Waals surface area (Å²) in [5.41, 5.74) is 1.30. The maximum absolute atomic E-state index is 9.14. The Balaban J connectivity index is 2.51. The summed E-state index contributed by atoms with van der Waals surface area (Å²) < 4.78 is 0. The van der Waals surface area contributed by atoms with E-state index in [2.05, 4.69) is 19.1 Å². The van der Waals surface area contributed by atoms with Crippen molar-refractivity contribution in [3.63, 3.8) is 0 Å². The average Bonchev–Trinajstić information content (AvgIpc) is 2.19. The first-order valence-electron chi connectivity index (χ1n) is 5.14. The fraction of sp³-hybridized carbons (Fsp3) is 0.385. The molecule has 0 heterocycles. The third-order valence-corrected chi connectivity index (χ3v) is 2.46. The lowest BCUT2D eigenvalue weighted by Gasteiger charge is -2.10. The SMILES string of the molecule is C/C=C\CCC(C)c1ccc(O)cc1. The molecule has 0 bridgehead atoms. The van der Waals surface area contributed by atoms with Crippen LogP contribution in [0.1, 0.15) is 38.2 Å². The molecule has 1 aromatic carbocycles. The summed E-state index contributed by atoms with van der Waals surface area (Å²) in [6.45, 7) is 4.26. The first-order valence-corrected chi connectivity index (χ1v) is 5.14. The van der Waals surface area contributed by atoms with Crippen LogP contribution in [0.3, 0.4) is 0 Å². The van der Waals surface area contributed by atoms with Crippen LogP contribution in [0.2, 0.25) is 0 Å². The van der Waals surface area contributed by atoms with Crippen molar-refractivity contribution in [2.45, 2.75) is 32.6 Å². The van der Waals surface area contributed by atoms with Crippen molar-refractivity contribution < 1.29 is 5.11 Å². The predicted octanol–water partition coefficient (Wildman–Crippen LogP) is 3.85. The molecule has 1 atom stereocenters. The number of rotatable bonds is 4. The molecule has 0 radical (unpaired) electrons. The van der Waals surface area contributed by atoms with E-state index in [1.54, 1.807) is 12.1 Å². The summed E-state index contributed by atoms with van der Waals surface area (Å²) in [6.07, 6.45) is 6.56. The van der Waals surface area contributed by atoms with Crippen LogP contribution in [0.5, 0.6) is 5.75 Å². The molecule has 14 heavy (non-hydrogen) atoms. The van der Waals surface area contributed by atoms with E-state index in [-0.39, 0.29) is 0 Å². The monoisotopic (exact) mass is 190 g/mol. The van der Waals surface area contributed by atoms with Crippen LogP contribution < -0.4 is 0 Å². The van der Waals surface area contributed by atoms with Crippen molar-refractivity contribution in [2.24, 2.45) is 0 Å². The molecule has 1 unspecified atom stereocenters. The van der Waals surface area contributed by atoms with E-state index in [0.717, 1.165) is 12.8 Å². The van der Waals surface area contributed by atoms with Crippen molar-refractivity contribution >= 4 is 0 Å². The lowest BCUT2D eigenvalue weighted by molar-refractivity contribution is 0.475. The number of benzene rings is 1. The van der Waals surface area contributed by atoms with Crippen LogP contribution in [0.15, 0.2) is 36.4 Å². The third kappa shape index (κ3) is 3.25. The minimum Gasteiger partial charge on any atom is -0.508 e. The topological polar surface area (TPSA) is 20.2 Å². The van der Waals surface area contributed by atoms with Gasteiger partial charge in [0, 0.05) is 0 Å². The highest BCUT2D eigenvalue weighted by molar-refractivity contribution is 5.27. The standard InChI is InChI=1S/C13H18O/c1-3-4-5-6-11(2)12-7-9-13(14)10-8-12/h3-4,7-11,14H,5-6H2,1-2H3/b4-3-. The van der Waals surface area contributed by atoms with Crippen LogP contribution in [0.25, 0.3) is 0 Å². The Labute approximate surface area is 86.1 Å². The molecule has 76 valence electrons. The zero-order valence-electron chi connectivity index (χ0n) is 8.90. The Morgan fingerprint density at radius 1 is 1.29 bits per heavy atom. The third-order valence-electron chi connectivity index (χ3n) is 2.46. The van der Waals surface area contributed by atoms with Gasteiger partial charge in [-0.1, -0.05) is 31.2 Å². The van der Waals surface area contributed by atoms with Crippen molar-refractivity contribution in [1.29, 1.82) is 0 Å². The molecule has 0 aliphatic rings. The van der Waals surface area contributed by atoms with E-state index in [1.807, 2.05) is 19.1 Å². The first kappa shape index (κ1) is 10.8. The molecule has 0 aromatic heterocycles. The van der Waals surface area contributed by atoms with Crippen LogP contribution >= 0.6 is 0 Å². The van der Waals surface area contributed by atoms with Gasteiger partial charge in [0.1, 0.15) is 5.75 Å². The molecular formula is C13H18O. The van der Waals surface area contributed by atoms with Crippen LogP contribution in [0, 0.1) is 0 Å². The fourth-order valence-corrected chi connectivity index (χ4v) is 1.48. The van der Waals surface area contributed by atoms with Crippen molar-refractivity contribution in [3.05, 3.63) is 42.0 Å². The minimum absolute atomic E-state index is 0.342. The second-order valence-corrected chi connectivity index (χ2v) is 3.64. The lowest BCUT2D eigenvalue weighted by Crippen LogP contribution is -1.91. The number of hydrogen-bond donors (Lipinski definition) is 1. The molecule has 0 fully saturated rings. The van der Waals surface area contributed by atoms with Crippen LogP contribution in [-0.2, 0) is 0 Å². The summed E-state index contributed by atoms with van der Waals surface area (Å²) in [4.78, 5) is 0. The van der Waals surface area contributed by atoms with Crippen molar-refractivity contribution in [2.75, 3.05) is 0 Å². The average molecular weight is 190 g/mol. The van der Waals surface area contributed by atoms with Gasteiger partial charge in [0.15, 0.2) is 0 Å². The van der Waals surface area contributed by atoms with Gasteiger partial charge in [0.05, 0.1) is 0 Å². The van der Waals surface area contributed by atoms with Gasteiger partial charge in [-0.15, -0.1) is 0 Å². The number of phenols is 1. The van der Waals surface area contributed by atoms with E-state index in [1.165, 1.54) is 5.56 Å². The van der Waals surface area contributed by atoms with E-state index in [9.17, 15) is 0 Å². The molecule has 0 amide bonds. The zero-order valence-corrected chi connectivity index (χ0v) is 8.90. The summed E-state index contributed by atoms with van der Waals surface area (Å²) in [5.74, 6) is 0.904. The molecule has 0 saturated heterocycles. The van der Waals surface area contributed by atoms with Crippen molar-refractivity contribution in [1.82, 2.24) is 0 Å². The lowest BCUT2D eigenvalue weighted by atomic mass is 9.96. The van der Waals surface area contributed by atoms with Gasteiger partial charge >= 0.3 is 0 Å². The molecule has 0 spiro atoms. The Hall–Kier alpha value is -1.24. The van der Waals surface area contributed by atoms with Gasteiger partial charge < -0.3 is 5.11 Å². The smallest absolute Gasteiger partial charge is 0.115 e. The van der Waals surface area contributed by atoms with E-state index in [0.29, 0.717) is 11.7 Å². The van der Waals surface area contributed by atoms with E-state index < -0.39 is 0 Å². The first-order chi connectivity index (χ1) is 6.74. The summed E-state index contributed by atoms with van der Waals surface area (Å²) in [6, 6.07) is 7.49. The highest BCUT2D eigenvalue weighted by Gasteiger charge is 2.03. The van der Waals surface area contributed by atoms with E-state index >= 15 is 0 Å². The summed E-state index contributed by atoms with van der Waals surface area (Å²) >= 11 is 0. The zero-order chi connectivity index (χ0) is 10.4. The Morgan fingerprint density at radius 3 is 2.50 bits per heavy atom. The Kier molecular flexibility index (Phi) is 4.24. The molecule has 1 nitrogen and oxygen atoms in total. The largest absolute Gasteiger partial charge is 0.508 e. The number of allylic oxidation sites excluding steroid dienone is 2. The molecule has 1 heteroatoms. The number of phenolic OH excluding ortho intramolecular Hbond substituents is 1. The summed E-state index contributed by atoms with van der Waals surface area (Å²) in [7, 11) is 0. The number of hydrogen-bond acceptors (Lipinski definition) is 1. The maximum Gasteiger partial charge on any atom is 0.115 e. The van der Waals surface area contributed by atoms with Gasteiger partial charge in [0.25, 0.3) is 0 Å².